The van der Waals surface area contributed by atoms with Crippen molar-refractivity contribution in [1.82, 2.24) is 15.5 Å². The van der Waals surface area contributed by atoms with Crippen LogP contribution in [-0.2, 0) is 0 Å². The molecule has 0 radical (unpaired) electrons. The number of ether oxygens (including phenoxy) is 1. The molecule has 0 unspecified atom stereocenters. The van der Waals surface area contributed by atoms with Crippen LogP contribution in [0.25, 0.3) is 0 Å². The maximum absolute atomic E-state index is 5.28. The molecule has 0 fully saturated rings. The van der Waals surface area contributed by atoms with E-state index in [1.54, 1.807) is 5.51 Å². The predicted octanol–water partition coefficient (Wildman–Crippen LogP) is 0.915. The highest BCUT2D eigenvalue weighted by molar-refractivity contribution is 7.11. The van der Waals surface area contributed by atoms with Crippen molar-refractivity contribution in [3.8, 4) is 5.19 Å². The zero-order chi connectivity index (χ0) is 8.81. The van der Waals surface area contributed by atoms with Gasteiger partial charge < -0.3 is 10.1 Å². The van der Waals surface area contributed by atoms with E-state index in [-0.39, 0.29) is 0 Å². The minimum absolute atomic E-state index is 0.503. The molecule has 12 heavy (non-hydrogen) atoms. The van der Waals surface area contributed by atoms with Gasteiger partial charge in [-0.2, -0.15) is 0 Å². The van der Waals surface area contributed by atoms with Gasteiger partial charge in [-0.3, -0.25) is 0 Å². The molecule has 0 saturated heterocycles. The minimum Gasteiger partial charge on any atom is -0.468 e. The van der Waals surface area contributed by atoms with Crippen molar-refractivity contribution in [2.75, 3.05) is 13.2 Å². The average Bonchev–Trinajstić information content (AvgIpc) is 2.49. The second kappa shape index (κ2) is 5.05. The minimum atomic E-state index is 0.503. The summed E-state index contributed by atoms with van der Waals surface area (Å²) in [7, 11) is 0. The van der Waals surface area contributed by atoms with E-state index >= 15 is 0 Å². The van der Waals surface area contributed by atoms with Crippen molar-refractivity contribution in [1.29, 1.82) is 0 Å². The molecule has 68 valence electrons. The molecule has 0 spiro atoms. The van der Waals surface area contributed by atoms with Crippen LogP contribution in [0.2, 0.25) is 0 Å². The van der Waals surface area contributed by atoms with Gasteiger partial charge in [-0.05, 0) is 0 Å². The lowest BCUT2D eigenvalue weighted by molar-refractivity contribution is 0.305. The van der Waals surface area contributed by atoms with Gasteiger partial charge in [-0.15, -0.1) is 10.2 Å². The van der Waals surface area contributed by atoms with Gasteiger partial charge in [-0.25, -0.2) is 0 Å². The molecule has 0 atom stereocenters. The Balaban J connectivity index is 2.04. The first-order valence-corrected chi connectivity index (χ1v) is 4.79. The molecule has 0 bridgehead atoms. The van der Waals surface area contributed by atoms with Gasteiger partial charge in [0.15, 0.2) is 0 Å². The number of aromatic nitrogens is 2. The molecule has 0 aliphatic carbocycles. The van der Waals surface area contributed by atoms with E-state index in [1.807, 2.05) is 0 Å². The fraction of sp³-hybridized carbons (Fsp3) is 0.714. The third kappa shape index (κ3) is 3.64. The molecule has 5 heteroatoms. The molecular weight excluding hydrogens is 174 g/mol. The Labute approximate surface area is 76.0 Å². The summed E-state index contributed by atoms with van der Waals surface area (Å²) in [6.07, 6.45) is 0. The van der Waals surface area contributed by atoms with Gasteiger partial charge in [0.2, 0.25) is 0 Å². The monoisotopic (exact) mass is 187 g/mol. The predicted molar refractivity (Wildman–Crippen MR) is 48.5 cm³/mol. The van der Waals surface area contributed by atoms with Gasteiger partial charge in [0.1, 0.15) is 12.1 Å². The van der Waals surface area contributed by atoms with Gasteiger partial charge in [0.05, 0.1) is 0 Å². The van der Waals surface area contributed by atoms with Gasteiger partial charge in [0, 0.05) is 12.6 Å². The average molecular weight is 187 g/mol. The van der Waals surface area contributed by atoms with E-state index in [0.717, 1.165) is 6.54 Å². The van der Waals surface area contributed by atoms with Crippen LogP contribution in [-0.4, -0.2) is 29.4 Å². The molecule has 1 N–H and O–H groups in total. The smallest absolute Gasteiger partial charge is 0.293 e. The van der Waals surface area contributed by atoms with E-state index in [9.17, 15) is 0 Å². The fourth-order valence-electron chi connectivity index (χ4n) is 0.712. The Morgan fingerprint density at radius 3 is 3.08 bits per heavy atom. The van der Waals surface area contributed by atoms with Crippen molar-refractivity contribution in [2.24, 2.45) is 0 Å². The standard InChI is InChI=1S/C7H13N3OS/c1-6(2)8-3-4-11-7-10-9-5-12-7/h5-6,8H,3-4H2,1-2H3. The van der Waals surface area contributed by atoms with Crippen molar-refractivity contribution in [3.05, 3.63) is 5.51 Å². The van der Waals surface area contributed by atoms with Crippen LogP contribution < -0.4 is 10.1 Å². The van der Waals surface area contributed by atoms with E-state index in [4.69, 9.17) is 4.74 Å². The van der Waals surface area contributed by atoms with E-state index in [1.165, 1.54) is 11.3 Å². The normalized spacial score (nSPS) is 10.6. The summed E-state index contributed by atoms with van der Waals surface area (Å²) in [4.78, 5) is 0. The lowest BCUT2D eigenvalue weighted by atomic mass is 10.4. The summed E-state index contributed by atoms with van der Waals surface area (Å²) in [5.41, 5.74) is 1.66. The summed E-state index contributed by atoms with van der Waals surface area (Å²) < 4.78 is 5.28. The molecular formula is C7H13N3OS. The summed E-state index contributed by atoms with van der Waals surface area (Å²) in [6.45, 7) is 5.69. The van der Waals surface area contributed by atoms with Gasteiger partial charge in [-0.1, -0.05) is 25.2 Å². The number of nitrogens with one attached hydrogen (secondary N) is 1. The molecule has 1 aromatic heterocycles. The van der Waals surface area contributed by atoms with Crippen molar-refractivity contribution >= 4 is 11.3 Å². The van der Waals surface area contributed by atoms with Crippen molar-refractivity contribution in [3.63, 3.8) is 0 Å². The largest absolute Gasteiger partial charge is 0.468 e. The Kier molecular flexibility index (Phi) is 3.96. The molecule has 0 aliphatic heterocycles. The maximum atomic E-state index is 5.28. The summed E-state index contributed by atoms with van der Waals surface area (Å²) >= 11 is 1.41. The third-order valence-corrected chi connectivity index (χ3v) is 1.82. The Morgan fingerprint density at radius 2 is 2.50 bits per heavy atom. The molecule has 0 saturated carbocycles. The first kappa shape index (κ1) is 9.41. The molecule has 0 aliphatic rings. The zero-order valence-electron chi connectivity index (χ0n) is 7.28. The highest BCUT2D eigenvalue weighted by Crippen LogP contribution is 2.10. The van der Waals surface area contributed by atoms with Crippen LogP contribution in [0.4, 0.5) is 0 Å². The van der Waals surface area contributed by atoms with Crippen molar-refractivity contribution in [2.45, 2.75) is 19.9 Å². The van der Waals surface area contributed by atoms with E-state index in [2.05, 4.69) is 29.4 Å². The fourth-order valence-corrected chi connectivity index (χ4v) is 1.14. The third-order valence-electron chi connectivity index (χ3n) is 1.22. The van der Waals surface area contributed by atoms with Crippen LogP contribution in [0, 0.1) is 0 Å². The molecule has 1 rings (SSSR count). The van der Waals surface area contributed by atoms with E-state index in [0.29, 0.717) is 17.8 Å². The Hall–Kier alpha value is -0.680. The van der Waals surface area contributed by atoms with Crippen LogP contribution in [0.1, 0.15) is 13.8 Å². The van der Waals surface area contributed by atoms with Crippen molar-refractivity contribution < 1.29 is 4.74 Å². The van der Waals surface area contributed by atoms with Crippen LogP contribution >= 0.6 is 11.3 Å². The lowest BCUT2D eigenvalue weighted by Gasteiger charge is -2.06. The first-order valence-electron chi connectivity index (χ1n) is 3.91. The second-order valence-corrected chi connectivity index (χ2v) is 3.46. The quantitative estimate of drug-likeness (QED) is 0.696. The summed E-state index contributed by atoms with van der Waals surface area (Å²) in [6, 6.07) is 0.503. The van der Waals surface area contributed by atoms with Crippen LogP contribution in [0.3, 0.4) is 0 Å². The highest BCUT2D eigenvalue weighted by Gasteiger charge is 1.96. The van der Waals surface area contributed by atoms with Gasteiger partial charge in [0.25, 0.3) is 5.19 Å². The number of nitrogens with zero attached hydrogens (tertiary/aromatic N) is 2. The number of rotatable bonds is 5. The molecule has 4 nitrogen and oxygen atoms in total. The van der Waals surface area contributed by atoms with Gasteiger partial charge >= 0.3 is 0 Å². The Bertz CT molecular complexity index is 200. The number of hydrogen-bond donors (Lipinski definition) is 1. The summed E-state index contributed by atoms with van der Waals surface area (Å²) in [5, 5.41) is 11.3. The topological polar surface area (TPSA) is 47.0 Å². The zero-order valence-corrected chi connectivity index (χ0v) is 8.10. The van der Waals surface area contributed by atoms with Crippen LogP contribution in [0.5, 0.6) is 5.19 Å². The first-order chi connectivity index (χ1) is 5.79. The SMILES string of the molecule is CC(C)NCCOc1nncs1. The lowest BCUT2D eigenvalue weighted by Crippen LogP contribution is -2.27. The molecule has 0 amide bonds. The summed E-state index contributed by atoms with van der Waals surface area (Å²) in [5.74, 6) is 0. The maximum Gasteiger partial charge on any atom is 0.293 e. The molecule has 0 aromatic carbocycles. The molecule has 1 heterocycles. The Morgan fingerprint density at radius 1 is 1.67 bits per heavy atom. The highest BCUT2D eigenvalue weighted by atomic mass is 32.1. The van der Waals surface area contributed by atoms with E-state index < -0.39 is 0 Å². The second-order valence-electron chi connectivity index (χ2n) is 2.66. The number of hydrogen-bond acceptors (Lipinski definition) is 5. The van der Waals surface area contributed by atoms with Crippen LogP contribution in [0.15, 0.2) is 5.51 Å². The molecule has 1 aromatic rings.